The normalized spacial score (nSPS) is 27.5. The fourth-order valence-electron chi connectivity index (χ4n) is 1.72. The minimum absolute atomic E-state index is 0.170. The maximum atomic E-state index is 10.5. The van der Waals surface area contributed by atoms with Crippen molar-refractivity contribution in [2.45, 2.75) is 38.8 Å². The van der Waals surface area contributed by atoms with Crippen LogP contribution in [0.4, 0.5) is 0 Å². The van der Waals surface area contributed by atoms with E-state index in [2.05, 4.69) is 11.8 Å². The molecule has 0 saturated carbocycles. The lowest BCUT2D eigenvalue weighted by Gasteiger charge is -2.44. The minimum Gasteiger partial charge on any atom is -0.481 e. The summed E-state index contributed by atoms with van der Waals surface area (Å²) in [6, 6.07) is 0.274. The molecule has 1 N–H and O–H groups in total. The number of hydrogen-bond donors (Lipinski definition) is 1. The number of carboxylic acids is 1. The summed E-state index contributed by atoms with van der Waals surface area (Å²) in [4.78, 5) is 12.6. The van der Waals surface area contributed by atoms with Crippen molar-refractivity contribution in [1.82, 2.24) is 4.90 Å². The third kappa shape index (κ3) is 2.69. The summed E-state index contributed by atoms with van der Waals surface area (Å²) < 4.78 is 5.63. The fraction of sp³-hybridized carbons (Fsp3) is 0.900. The van der Waals surface area contributed by atoms with Gasteiger partial charge in [0.25, 0.3) is 0 Å². The number of morpholine rings is 1. The number of rotatable bonds is 3. The Labute approximate surface area is 84.8 Å². The molecule has 1 aliphatic heterocycles. The van der Waals surface area contributed by atoms with Gasteiger partial charge < -0.3 is 9.84 Å². The van der Waals surface area contributed by atoms with Gasteiger partial charge in [-0.3, -0.25) is 9.69 Å². The second-order valence-electron chi connectivity index (χ2n) is 4.31. The summed E-state index contributed by atoms with van der Waals surface area (Å²) in [5.74, 6) is -0.735. The smallest absolute Gasteiger partial charge is 0.304 e. The Hall–Kier alpha value is -0.610. The van der Waals surface area contributed by atoms with Gasteiger partial charge in [0.1, 0.15) is 0 Å². The zero-order chi connectivity index (χ0) is 10.8. The molecule has 14 heavy (non-hydrogen) atoms. The van der Waals surface area contributed by atoms with Gasteiger partial charge in [0.2, 0.25) is 0 Å². The SMILES string of the molecule is CC1N(CCC(=O)O)CCOC1(C)C. The van der Waals surface area contributed by atoms with Crippen LogP contribution in [-0.2, 0) is 9.53 Å². The van der Waals surface area contributed by atoms with Crippen molar-refractivity contribution in [3.8, 4) is 0 Å². The fourth-order valence-corrected chi connectivity index (χ4v) is 1.72. The lowest BCUT2D eigenvalue weighted by Crippen LogP contribution is -2.55. The average Bonchev–Trinajstić information content (AvgIpc) is 2.07. The van der Waals surface area contributed by atoms with E-state index in [0.29, 0.717) is 13.2 Å². The van der Waals surface area contributed by atoms with E-state index < -0.39 is 5.97 Å². The van der Waals surface area contributed by atoms with Gasteiger partial charge in [-0.15, -0.1) is 0 Å². The van der Waals surface area contributed by atoms with Gasteiger partial charge in [-0.2, -0.15) is 0 Å². The number of aliphatic carboxylic acids is 1. The summed E-state index contributed by atoms with van der Waals surface area (Å²) in [6.07, 6.45) is 0.209. The van der Waals surface area contributed by atoms with Crippen molar-refractivity contribution in [2.24, 2.45) is 0 Å². The average molecular weight is 201 g/mol. The molecule has 0 spiro atoms. The monoisotopic (exact) mass is 201 g/mol. The standard InChI is InChI=1S/C10H19NO3/c1-8-10(2,3)14-7-6-11(8)5-4-9(12)13/h8H,4-7H2,1-3H3,(H,12,13). The van der Waals surface area contributed by atoms with Gasteiger partial charge in [-0.1, -0.05) is 0 Å². The molecular formula is C10H19NO3. The molecule has 1 fully saturated rings. The molecule has 1 heterocycles. The molecule has 1 rings (SSSR count). The maximum absolute atomic E-state index is 10.5. The molecule has 1 saturated heterocycles. The van der Waals surface area contributed by atoms with Gasteiger partial charge in [0, 0.05) is 19.1 Å². The zero-order valence-electron chi connectivity index (χ0n) is 9.12. The Bertz CT molecular complexity index is 215. The molecule has 0 bridgehead atoms. The van der Waals surface area contributed by atoms with Gasteiger partial charge in [-0.05, 0) is 20.8 Å². The highest BCUT2D eigenvalue weighted by atomic mass is 16.5. The van der Waals surface area contributed by atoms with E-state index >= 15 is 0 Å². The Morgan fingerprint density at radius 2 is 2.29 bits per heavy atom. The van der Waals surface area contributed by atoms with Crippen LogP contribution in [0.25, 0.3) is 0 Å². The highest BCUT2D eigenvalue weighted by Gasteiger charge is 2.35. The Morgan fingerprint density at radius 3 is 2.86 bits per heavy atom. The number of carboxylic acid groups (broad SMARTS) is 1. The van der Waals surface area contributed by atoms with Crippen LogP contribution < -0.4 is 0 Å². The molecule has 0 aromatic carbocycles. The largest absolute Gasteiger partial charge is 0.481 e. The van der Waals surface area contributed by atoms with Crippen LogP contribution in [0.1, 0.15) is 27.2 Å². The number of ether oxygens (including phenoxy) is 1. The van der Waals surface area contributed by atoms with E-state index in [-0.39, 0.29) is 18.1 Å². The topological polar surface area (TPSA) is 49.8 Å². The van der Waals surface area contributed by atoms with Crippen LogP contribution >= 0.6 is 0 Å². The predicted molar refractivity (Wildman–Crippen MR) is 53.3 cm³/mol. The molecule has 0 aliphatic carbocycles. The first-order chi connectivity index (χ1) is 6.43. The second kappa shape index (κ2) is 4.28. The molecule has 0 aromatic heterocycles. The van der Waals surface area contributed by atoms with Crippen LogP contribution in [0.5, 0.6) is 0 Å². The van der Waals surface area contributed by atoms with Gasteiger partial charge in [0.05, 0.1) is 18.6 Å². The second-order valence-corrected chi connectivity index (χ2v) is 4.31. The van der Waals surface area contributed by atoms with Gasteiger partial charge in [0.15, 0.2) is 0 Å². The van der Waals surface area contributed by atoms with Crippen molar-refractivity contribution >= 4 is 5.97 Å². The third-order valence-electron chi connectivity index (χ3n) is 3.02. The molecule has 82 valence electrons. The van der Waals surface area contributed by atoms with Gasteiger partial charge >= 0.3 is 5.97 Å². The first kappa shape index (κ1) is 11.5. The molecule has 0 aromatic rings. The van der Waals surface area contributed by atoms with Crippen LogP contribution in [0.2, 0.25) is 0 Å². The van der Waals surface area contributed by atoms with Crippen molar-refractivity contribution in [3.05, 3.63) is 0 Å². The molecule has 4 nitrogen and oxygen atoms in total. The Balaban J connectivity index is 2.48. The van der Waals surface area contributed by atoms with E-state index in [1.165, 1.54) is 0 Å². The predicted octanol–water partition coefficient (Wildman–Crippen LogP) is 0.960. The van der Waals surface area contributed by atoms with Crippen LogP contribution in [0, 0.1) is 0 Å². The number of hydrogen-bond acceptors (Lipinski definition) is 3. The highest BCUT2D eigenvalue weighted by molar-refractivity contribution is 5.66. The summed E-state index contributed by atoms with van der Waals surface area (Å²) in [7, 11) is 0. The van der Waals surface area contributed by atoms with E-state index in [9.17, 15) is 4.79 Å². The van der Waals surface area contributed by atoms with Crippen LogP contribution in [0.15, 0.2) is 0 Å². The van der Waals surface area contributed by atoms with Gasteiger partial charge in [-0.25, -0.2) is 0 Å². The molecular weight excluding hydrogens is 182 g/mol. The molecule has 1 unspecified atom stereocenters. The van der Waals surface area contributed by atoms with Crippen LogP contribution in [0.3, 0.4) is 0 Å². The molecule has 4 heteroatoms. The molecule has 0 amide bonds. The lowest BCUT2D eigenvalue weighted by molar-refractivity contribution is -0.141. The third-order valence-corrected chi connectivity index (χ3v) is 3.02. The van der Waals surface area contributed by atoms with Crippen molar-refractivity contribution in [2.75, 3.05) is 19.7 Å². The molecule has 0 radical (unpaired) electrons. The van der Waals surface area contributed by atoms with Crippen LogP contribution in [-0.4, -0.2) is 47.3 Å². The van der Waals surface area contributed by atoms with Crippen molar-refractivity contribution < 1.29 is 14.6 Å². The maximum Gasteiger partial charge on any atom is 0.304 e. The quantitative estimate of drug-likeness (QED) is 0.739. The number of nitrogens with zero attached hydrogens (tertiary/aromatic N) is 1. The summed E-state index contributed by atoms with van der Waals surface area (Å²) >= 11 is 0. The summed E-state index contributed by atoms with van der Waals surface area (Å²) in [5, 5.41) is 8.60. The Morgan fingerprint density at radius 1 is 1.64 bits per heavy atom. The van der Waals surface area contributed by atoms with E-state index in [1.54, 1.807) is 0 Å². The highest BCUT2D eigenvalue weighted by Crippen LogP contribution is 2.24. The molecule has 1 aliphatic rings. The minimum atomic E-state index is -0.735. The van der Waals surface area contributed by atoms with E-state index in [1.807, 2.05) is 13.8 Å². The summed E-state index contributed by atoms with van der Waals surface area (Å²) in [5.41, 5.74) is -0.170. The zero-order valence-corrected chi connectivity index (χ0v) is 9.12. The summed E-state index contributed by atoms with van der Waals surface area (Å²) in [6.45, 7) is 8.31. The van der Waals surface area contributed by atoms with E-state index in [4.69, 9.17) is 9.84 Å². The van der Waals surface area contributed by atoms with Crippen molar-refractivity contribution in [1.29, 1.82) is 0 Å². The lowest BCUT2D eigenvalue weighted by atomic mass is 9.97. The first-order valence-corrected chi connectivity index (χ1v) is 5.03. The van der Waals surface area contributed by atoms with E-state index in [0.717, 1.165) is 6.54 Å². The number of carbonyl (C=O) groups is 1. The first-order valence-electron chi connectivity index (χ1n) is 5.03. The Kier molecular flexibility index (Phi) is 3.50. The molecule has 1 atom stereocenters. The van der Waals surface area contributed by atoms with Crippen molar-refractivity contribution in [3.63, 3.8) is 0 Å².